The largest absolute Gasteiger partial charge is 0.573 e. The molecular weight excluding hydrogens is 359 g/mol. The molecule has 2 aromatic rings. The Kier molecular flexibility index (Phi) is 5.79. The van der Waals surface area contributed by atoms with Crippen molar-refractivity contribution in [1.82, 2.24) is 5.32 Å². The highest BCUT2D eigenvalue weighted by atomic mass is 19.4. The summed E-state index contributed by atoms with van der Waals surface area (Å²) in [6, 6.07) is 10.2. The van der Waals surface area contributed by atoms with E-state index in [0.717, 1.165) is 37.1 Å². The zero-order valence-corrected chi connectivity index (χ0v) is 15.2. The van der Waals surface area contributed by atoms with Gasteiger partial charge in [-0.1, -0.05) is 12.1 Å². The molecule has 0 fully saturated rings. The highest BCUT2D eigenvalue weighted by Crippen LogP contribution is 2.36. The summed E-state index contributed by atoms with van der Waals surface area (Å²) in [6.45, 7) is 0.867. The Balaban J connectivity index is 1.69. The van der Waals surface area contributed by atoms with E-state index in [1.54, 1.807) is 26.4 Å². The Hall–Kier alpha value is -2.41. The van der Waals surface area contributed by atoms with Gasteiger partial charge in [-0.3, -0.25) is 0 Å². The molecule has 1 unspecified atom stereocenters. The predicted molar refractivity (Wildman–Crippen MR) is 95.4 cm³/mol. The number of fused-ring (bicyclic) bond motifs is 1. The lowest BCUT2D eigenvalue weighted by Crippen LogP contribution is -2.30. The molecule has 146 valence electrons. The first kappa shape index (κ1) is 19.4. The fourth-order valence-corrected chi connectivity index (χ4v) is 3.40. The van der Waals surface area contributed by atoms with Crippen molar-refractivity contribution in [2.24, 2.45) is 0 Å². The maximum absolute atomic E-state index is 12.2. The number of aryl methyl sites for hydroxylation is 1. The molecule has 3 rings (SSSR count). The minimum Gasteiger partial charge on any atom is -0.493 e. The Morgan fingerprint density at radius 3 is 2.33 bits per heavy atom. The smallest absolute Gasteiger partial charge is 0.493 e. The zero-order chi connectivity index (χ0) is 19.4. The predicted octanol–water partition coefficient (Wildman–Crippen LogP) is 4.42. The molecule has 0 spiro atoms. The van der Waals surface area contributed by atoms with Crippen molar-refractivity contribution in [1.29, 1.82) is 0 Å². The van der Waals surface area contributed by atoms with E-state index in [0.29, 0.717) is 5.75 Å². The SMILES string of the molecule is COc1cc2c(cc1OC)C(CCc1ccc(OC(F)(F)F)cc1)NCC2. The lowest BCUT2D eigenvalue weighted by atomic mass is 9.90. The van der Waals surface area contributed by atoms with E-state index >= 15 is 0 Å². The number of benzene rings is 2. The first-order chi connectivity index (χ1) is 12.9. The molecule has 1 aliphatic rings. The first-order valence-electron chi connectivity index (χ1n) is 8.72. The molecule has 1 atom stereocenters. The van der Waals surface area contributed by atoms with E-state index in [1.807, 2.05) is 12.1 Å². The van der Waals surface area contributed by atoms with E-state index in [-0.39, 0.29) is 11.8 Å². The molecule has 0 radical (unpaired) electrons. The highest BCUT2D eigenvalue weighted by Gasteiger charge is 2.31. The summed E-state index contributed by atoms with van der Waals surface area (Å²) >= 11 is 0. The third kappa shape index (κ3) is 4.86. The van der Waals surface area contributed by atoms with Crippen molar-refractivity contribution in [3.8, 4) is 17.2 Å². The molecule has 1 heterocycles. The van der Waals surface area contributed by atoms with Crippen LogP contribution in [0.1, 0.15) is 29.2 Å². The molecule has 1 N–H and O–H groups in total. The van der Waals surface area contributed by atoms with Crippen LogP contribution >= 0.6 is 0 Å². The molecular formula is C20H22F3NO3. The Morgan fingerprint density at radius 2 is 1.70 bits per heavy atom. The van der Waals surface area contributed by atoms with Gasteiger partial charge in [0.25, 0.3) is 0 Å². The van der Waals surface area contributed by atoms with Crippen LogP contribution in [0.4, 0.5) is 13.2 Å². The Labute approximate surface area is 156 Å². The van der Waals surface area contributed by atoms with Gasteiger partial charge in [-0.05, 0) is 66.8 Å². The van der Waals surface area contributed by atoms with Crippen LogP contribution in [-0.2, 0) is 12.8 Å². The second-order valence-electron chi connectivity index (χ2n) is 6.39. The van der Waals surface area contributed by atoms with Crippen molar-refractivity contribution in [3.63, 3.8) is 0 Å². The second-order valence-corrected chi connectivity index (χ2v) is 6.39. The molecule has 4 nitrogen and oxygen atoms in total. The lowest BCUT2D eigenvalue weighted by Gasteiger charge is -2.28. The number of ether oxygens (including phenoxy) is 3. The third-order valence-corrected chi connectivity index (χ3v) is 4.68. The molecule has 2 aromatic carbocycles. The topological polar surface area (TPSA) is 39.7 Å². The van der Waals surface area contributed by atoms with Crippen LogP contribution in [0.15, 0.2) is 36.4 Å². The van der Waals surface area contributed by atoms with Gasteiger partial charge in [-0.25, -0.2) is 0 Å². The number of hydrogen-bond donors (Lipinski definition) is 1. The van der Waals surface area contributed by atoms with Crippen LogP contribution in [0.5, 0.6) is 17.2 Å². The first-order valence-corrected chi connectivity index (χ1v) is 8.72. The number of methoxy groups -OCH3 is 2. The maximum Gasteiger partial charge on any atom is 0.573 e. The minimum atomic E-state index is -4.67. The number of nitrogens with one attached hydrogen (secondary N) is 1. The zero-order valence-electron chi connectivity index (χ0n) is 15.2. The Bertz CT molecular complexity index is 775. The normalized spacial score (nSPS) is 16.6. The average Bonchev–Trinajstić information content (AvgIpc) is 2.65. The second kappa shape index (κ2) is 8.08. The van der Waals surface area contributed by atoms with Crippen LogP contribution in [0.2, 0.25) is 0 Å². The fraction of sp³-hybridized carbons (Fsp3) is 0.400. The van der Waals surface area contributed by atoms with Crippen LogP contribution in [0.3, 0.4) is 0 Å². The van der Waals surface area contributed by atoms with Gasteiger partial charge < -0.3 is 19.5 Å². The molecule has 0 amide bonds. The van der Waals surface area contributed by atoms with Crippen molar-refractivity contribution in [3.05, 3.63) is 53.1 Å². The van der Waals surface area contributed by atoms with E-state index < -0.39 is 6.36 Å². The molecule has 0 aromatic heterocycles. The van der Waals surface area contributed by atoms with Gasteiger partial charge in [0, 0.05) is 6.04 Å². The summed E-state index contributed by atoms with van der Waals surface area (Å²) < 4.78 is 51.4. The number of rotatable bonds is 6. The van der Waals surface area contributed by atoms with Crippen LogP contribution in [-0.4, -0.2) is 27.1 Å². The molecule has 27 heavy (non-hydrogen) atoms. The molecule has 0 bridgehead atoms. The van der Waals surface area contributed by atoms with Gasteiger partial charge in [0.1, 0.15) is 5.75 Å². The van der Waals surface area contributed by atoms with Crippen molar-refractivity contribution in [2.45, 2.75) is 31.7 Å². The number of halogens is 3. The summed E-state index contributed by atoms with van der Waals surface area (Å²) in [7, 11) is 3.23. The summed E-state index contributed by atoms with van der Waals surface area (Å²) in [5.41, 5.74) is 3.36. The lowest BCUT2D eigenvalue weighted by molar-refractivity contribution is -0.274. The number of hydrogen-bond acceptors (Lipinski definition) is 4. The summed E-state index contributed by atoms with van der Waals surface area (Å²) in [4.78, 5) is 0. The monoisotopic (exact) mass is 381 g/mol. The molecule has 7 heteroatoms. The van der Waals surface area contributed by atoms with Gasteiger partial charge in [0.2, 0.25) is 0 Å². The van der Waals surface area contributed by atoms with Crippen LogP contribution < -0.4 is 19.5 Å². The number of alkyl halides is 3. The van der Waals surface area contributed by atoms with Gasteiger partial charge >= 0.3 is 6.36 Å². The van der Waals surface area contributed by atoms with Crippen molar-refractivity contribution in [2.75, 3.05) is 20.8 Å². The maximum atomic E-state index is 12.2. The molecule has 0 aliphatic carbocycles. The summed E-state index contributed by atoms with van der Waals surface area (Å²) in [5, 5.41) is 3.51. The van der Waals surface area contributed by atoms with E-state index in [1.165, 1.54) is 23.3 Å². The Morgan fingerprint density at radius 1 is 1.04 bits per heavy atom. The molecule has 1 aliphatic heterocycles. The van der Waals surface area contributed by atoms with Gasteiger partial charge in [0.05, 0.1) is 14.2 Å². The molecule has 0 saturated carbocycles. The quantitative estimate of drug-likeness (QED) is 0.804. The van der Waals surface area contributed by atoms with Crippen LogP contribution in [0, 0.1) is 0 Å². The summed E-state index contributed by atoms with van der Waals surface area (Å²) in [6.07, 6.45) is -2.20. The van der Waals surface area contributed by atoms with Crippen molar-refractivity contribution < 1.29 is 27.4 Å². The van der Waals surface area contributed by atoms with Crippen LogP contribution in [0.25, 0.3) is 0 Å². The average molecular weight is 381 g/mol. The minimum absolute atomic E-state index is 0.152. The third-order valence-electron chi connectivity index (χ3n) is 4.68. The van der Waals surface area contributed by atoms with Crippen molar-refractivity contribution >= 4 is 0 Å². The van der Waals surface area contributed by atoms with E-state index in [2.05, 4.69) is 10.1 Å². The standard InChI is InChI=1S/C20H22F3NO3/c1-25-18-11-14-9-10-24-17(16(14)12-19(18)26-2)8-5-13-3-6-15(7-4-13)27-20(21,22)23/h3-4,6-7,11-12,17,24H,5,8-10H2,1-2H3. The highest BCUT2D eigenvalue weighted by molar-refractivity contribution is 5.49. The van der Waals surface area contributed by atoms with Gasteiger partial charge in [-0.15, -0.1) is 13.2 Å². The fourth-order valence-electron chi connectivity index (χ4n) is 3.40. The van der Waals surface area contributed by atoms with E-state index in [9.17, 15) is 13.2 Å². The molecule has 0 saturated heterocycles. The van der Waals surface area contributed by atoms with Gasteiger partial charge in [-0.2, -0.15) is 0 Å². The summed E-state index contributed by atoms with van der Waals surface area (Å²) in [5.74, 6) is 1.21. The van der Waals surface area contributed by atoms with E-state index in [4.69, 9.17) is 9.47 Å². The van der Waals surface area contributed by atoms with Gasteiger partial charge in [0.15, 0.2) is 11.5 Å².